The first-order valence-corrected chi connectivity index (χ1v) is 23.7. The molecule has 24 nitrogen and oxygen atoms in total. The van der Waals surface area contributed by atoms with Crippen molar-refractivity contribution >= 4 is 90.6 Å². The molecular weight excluding hydrogens is 941 g/mol. The number of nitrogens with zero attached hydrogens (tertiary/aromatic N) is 1. The quantitative estimate of drug-likeness (QED) is 0.0192. The molecule has 2 rings (SSSR count). The number of nitrogens with one attached hydrogen (secondary N) is 8. The third-order valence-corrected chi connectivity index (χ3v) is 11.8. The molecule has 1 heterocycles. The first-order valence-electron chi connectivity index (χ1n) is 22.5. The summed E-state index contributed by atoms with van der Waals surface area (Å²) in [5.41, 5.74) is 22.3. The third kappa shape index (κ3) is 20.3. The number of aldehydes is 1. The molecule has 1 aliphatic heterocycles. The molecule has 0 aliphatic carbocycles. The van der Waals surface area contributed by atoms with E-state index in [4.69, 9.17) is 17.2 Å². The molecule has 1 aromatic carbocycles. The van der Waals surface area contributed by atoms with E-state index >= 15 is 0 Å². The first-order chi connectivity index (χ1) is 32.5. The second-order valence-electron chi connectivity index (χ2n) is 17.1. The molecule has 0 radical (unpaired) electrons. The Morgan fingerprint density at radius 3 is 1.90 bits per heavy atom. The van der Waals surface area contributed by atoms with Gasteiger partial charge in [0.1, 0.15) is 54.3 Å². The second kappa shape index (κ2) is 29.8. The number of thiol groups is 2. The zero-order chi connectivity index (χ0) is 52.0. The number of phenolic OH excluding ortho intramolecular Hbond substituents is 1. The van der Waals surface area contributed by atoms with Gasteiger partial charge in [0.2, 0.25) is 59.1 Å². The van der Waals surface area contributed by atoms with E-state index in [1.54, 1.807) is 26.0 Å². The summed E-state index contributed by atoms with van der Waals surface area (Å²) in [5, 5.41) is 24.7. The summed E-state index contributed by atoms with van der Waals surface area (Å²) >= 11 is 8.33. The number of phenols is 1. The minimum atomic E-state index is -1.73. The van der Waals surface area contributed by atoms with Gasteiger partial charge in [-0.15, -0.1) is 0 Å². The Hall–Kier alpha value is -5.99. The van der Waals surface area contributed by atoms with Gasteiger partial charge in [0, 0.05) is 24.5 Å². The van der Waals surface area contributed by atoms with E-state index in [9.17, 15) is 57.8 Å². The molecule has 1 aliphatic rings. The SMILES string of the molecule is CC[C@H](C)[C@H](NN[C@@H](Cc1ccc(O)cc1)C(=O)N[C@H](C=O)CS)C(=O)N[C@@H](CCC(N)=O)C(=O)N[C@@H](CC(N)=O)C(=O)N[C@@H](CS)C(=O)N1CCC[C@H]1C(=O)N[C@@H](CC(C)C)C(=O)NCC(N)=O. The summed E-state index contributed by atoms with van der Waals surface area (Å²) in [7, 11) is 0. The Labute approximate surface area is 411 Å². The second-order valence-corrected chi connectivity index (χ2v) is 17.8. The van der Waals surface area contributed by atoms with Crippen LogP contribution in [-0.4, -0.2) is 148 Å². The molecule has 0 aromatic heterocycles. The van der Waals surface area contributed by atoms with Crippen LogP contribution < -0.4 is 60.0 Å². The number of benzene rings is 1. The Kier molecular flexibility index (Phi) is 25.5. The maximum absolute atomic E-state index is 14.0. The minimum Gasteiger partial charge on any atom is -0.508 e. The fourth-order valence-electron chi connectivity index (χ4n) is 7.10. The number of aromatic hydroxyl groups is 1. The largest absolute Gasteiger partial charge is 0.508 e. The predicted molar refractivity (Wildman–Crippen MR) is 257 cm³/mol. The molecule has 10 amide bonds. The van der Waals surface area contributed by atoms with Crippen LogP contribution in [-0.2, 0) is 59.2 Å². The van der Waals surface area contributed by atoms with Crippen LogP contribution in [0.4, 0.5) is 0 Å². The maximum Gasteiger partial charge on any atom is 0.246 e. The number of likely N-dealkylation sites (tertiary alicyclic amines) is 1. The van der Waals surface area contributed by atoms with Gasteiger partial charge in [-0.2, -0.15) is 25.3 Å². The fourth-order valence-corrected chi connectivity index (χ4v) is 7.53. The number of rotatable bonds is 31. The van der Waals surface area contributed by atoms with Crippen molar-refractivity contribution in [1.29, 1.82) is 0 Å². The number of hydrogen-bond donors (Lipinski definition) is 14. The molecule has 384 valence electrons. The predicted octanol–water partition coefficient (Wildman–Crippen LogP) is -3.93. The number of carbonyl (C=O) groups is 11. The van der Waals surface area contributed by atoms with Crippen molar-refractivity contribution in [2.24, 2.45) is 29.0 Å². The number of nitrogens with two attached hydrogens (primary N) is 3. The molecule has 15 N–H and O–H groups in total. The molecular formula is C43H68N12O12S2. The van der Waals surface area contributed by atoms with Crippen molar-refractivity contribution < 1.29 is 57.8 Å². The van der Waals surface area contributed by atoms with Crippen LogP contribution in [0.15, 0.2) is 24.3 Å². The van der Waals surface area contributed by atoms with Gasteiger partial charge in [-0.05, 0) is 61.6 Å². The van der Waals surface area contributed by atoms with Gasteiger partial charge in [-0.1, -0.05) is 46.2 Å². The highest BCUT2D eigenvalue weighted by molar-refractivity contribution is 7.80. The van der Waals surface area contributed by atoms with Crippen LogP contribution in [0.3, 0.4) is 0 Å². The normalized spacial score (nSPS) is 16.8. The molecule has 1 fully saturated rings. The van der Waals surface area contributed by atoms with Gasteiger partial charge in [-0.25, -0.2) is 10.9 Å². The number of primary amides is 3. The van der Waals surface area contributed by atoms with Crippen LogP contribution in [0.1, 0.15) is 78.2 Å². The molecule has 9 atom stereocenters. The number of hydrazine groups is 1. The van der Waals surface area contributed by atoms with Gasteiger partial charge >= 0.3 is 0 Å². The van der Waals surface area contributed by atoms with Crippen molar-refractivity contribution in [2.75, 3.05) is 24.6 Å². The third-order valence-electron chi connectivity index (χ3n) is 11.1. The van der Waals surface area contributed by atoms with Gasteiger partial charge in [0.25, 0.3) is 0 Å². The zero-order valence-corrected chi connectivity index (χ0v) is 40.9. The monoisotopic (exact) mass is 1010 g/mol. The molecule has 26 heteroatoms. The fraction of sp³-hybridized carbons (Fsp3) is 0.605. The Morgan fingerprint density at radius 1 is 0.739 bits per heavy atom. The number of carbonyl (C=O) groups excluding carboxylic acids is 11. The van der Waals surface area contributed by atoms with Crippen LogP contribution in [0.25, 0.3) is 0 Å². The zero-order valence-electron chi connectivity index (χ0n) is 39.2. The Balaban J connectivity index is 2.32. The number of amides is 10. The highest BCUT2D eigenvalue weighted by atomic mass is 32.1. The molecule has 0 saturated carbocycles. The van der Waals surface area contributed by atoms with E-state index in [0.717, 1.165) is 0 Å². The van der Waals surface area contributed by atoms with Crippen molar-refractivity contribution in [3.8, 4) is 5.75 Å². The Bertz CT molecular complexity index is 1980. The average Bonchev–Trinajstić information content (AvgIpc) is 3.80. The average molecular weight is 1010 g/mol. The van der Waals surface area contributed by atoms with E-state index in [1.165, 1.54) is 17.0 Å². The van der Waals surface area contributed by atoms with Crippen molar-refractivity contribution in [3.63, 3.8) is 0 Å². The van der Waals surface area contributed by atoms with Crippen LogP contribution in [0, 0.1) is 11.8 Å². The lowest BCUT2D eigenvalue weighted by atomic mass is 9.98. The lowest BCUT2D eigenvalue weighted by molar-refractivity contribution is -0.142. The minimum absolute atomic E-state index is 0.00200. The molecule has 1 saturated heterocycles. The van der Waals surface area contributed by atoms with Crippen molar-refractivity contribution in [2.45, 2.75) is 127 Å². The van der Waals surface area contributed by atoms with Gasteiger partial charge in [0.05, 0.1) is 19.0 Å². The van der Waals surface area contributed by atoms with Crippen LogP contribution in [0.2, 0.25) is 0 Å². The van der Waals surface area contributed by atoms with E-state index in [1.807, 2.05) is 13.8 Å². The smallest absolute Gasteiger partial charge is 0.246 e. The van der Waals surface area contributed by atoms with E-state index in [2.05, 4.69) is 68.0 Å². The lowest BCUT2D eigenvalue weighted by Crippen LogP contribution is -2.62. The van der Waals surface area contributed by atoms with Crippen molar-refractivity contribution in [1.82, 2.24) is 47.7 Å². The summed E-state index contributed by atoms with van der Waals surface area (Å²) in [5.74, 6) is -9.11. The van der Waals surface area contributed by atoms with Crippen LogP contribution >= 0.6 is 25.3 Å². The highest BCUT2D eigenvalue weighted by Crippen LogP contribution is 2.20. The summed E-state index contributed by atoms with van der Waals surface area (Å²) < 4.78 is 0. The van der Waals surface area contributed by atoms with Crippen LogP contribution in [0.5, 0.6) is 5.75 Å². The lowest BCUT2D eigenvalue weighted by Gasteiger charge is -2.31. The van der Waals surface area contributed by atoms with Gasteiger partial charge in [0.15, 0.2) is 0 Å². The summed E-state index contributed by atoms with van der Waals surface area (Å²) in [4.78, 5) is 144. The molecule has 1 aromatic rings. The maximum atomic E-state index is 14.0. The molecule has 0 bridgehead atoms. The topological polar surface area (TPSA) is 386 Å². The summed E-state index contributed by atoms with van der Waals surface area (Å²) in [6, 6.07) is -4.03. The standard InChI is InChI=1S/C43H68N12O12S2/c1-5-23(4)36(54-53-30(40(64)48-25(19-56)20-68)16-24-8-10-26(57)11-9-24)42(66)49-27(12-13-33(44)58)38(62)50-29(17-34(45)59)39(63)52-31(21-69)43(67)55-14-6-7-32(55)41(65)51-28(15-22(2)3)37(61)47-18-35(46)60/h8-11,19,22-23,25,27-32,36,53-54,57,68-69H,5-7,12-18,20-21H2,1-4H3,(H2,44,58)(H2,45,59)(H2,46,60)(H,47,61)(H,48,64)(H,49,66)(H,50,62)(H,51,65)(H,52,63)/t23-,25+,27-,28-,29-,30-,31-,32-,36-/m0/s1. The van der Waals surface area contributed by atoms with E-state index < -0.39 is 133 Å². The van der Waals surface area contributed by atoms with E-state index in [0.29, 0.717) is 24.7 Å². The first kappa shape index (κ1) is 59.1. The van der Waals surface area contributed by atoms with E-state index in [-0.39, 0.29) is 55.4 Å². The molecule has 0 spiro atoms. The summed E-state index contributed by atoms with van der Waals surface area (Å²) in [6.07, 6.45) is 0.148. The number of hydrogen-bond acceptors (Lipinski definition) is 16. The summed E-state index contributed by atoms with van der Waals surface area (Å²) in [6.45, 7) is 6.76. The van der Waals surface area contributed by atoms with Gasteiger partial charge < -0.3 is 63.9 Å². The van der Waals surface area contributed by atoms with Gasteiger partial charge in [-0.3, -0.25) is 47.9 Å². The molecule has 0 unspecified atom stereocenters. The molecule has 69 heavy (non-hydrogen) atoms. The van der Waals surface area contributed by atoms with Crippen molar-refractivity contribution in [3.05, 3.63) is 29.8 Å². The Morgan fingerprint density at radius 2 is 1.35 bits per heavy atom. The highest BCUT2D eigenvalue weighted by Gasteiger charge is 2.40.